The lowest BCUT2D eigenvalue weighted by Crippen LogP contribution is -2.15. The molecule has 3 aromatic rings. The van der Waals surface area contributed by atoms with Gasteiger partial charge in [-0.05, 0) is 73.5 Å². The lowest BCUT2D eigenvalue weighted by molar-refractivity contribution is -0.113. The van der Waals surface area contributed by atoms with Gasteiger partial charge in [0.2, 0.25) is 5.91 Å². The quantitative estimate of drug-likeness (QED) is 0.455. The zero-order valence-electron chi connectivity index (χ0n) is 18.5. The highest BCUT2D eigenvalue weighted by atomic mass is 32.2. The third-order valence-corrected chi connectivity index (χ3v) is 5.81. The van der Waals surface area contributed by atoms with Crippen LogP contribution in [0.1, 0.15) is 21.5 Å². The maximum absolute atomic E-state index is 12.5. The van der Waals surface area contributed by atoms with Crippen molar-refractivity contribution in [2.75, 3.05) is 30.6 Å². The van der Waals surface area contributed by atoms with E-state index in [9.17, 15) is 9.59 Å². The summed E-state index contributed by atoms with van der Waals surface area (Å²) in [5.74, 6) is 1.04. The van der Waals surface area contributed by atoms with Gasteiger partial charge in [-0.1, -0.05) is 12.1 Å². The van der Waals surface area contributed by atoms with Crippen LogP contribution in [0.25, 0.3) is 0 Å². The molecule has 2 amide bonds. The first-order valence-electron chi connectivity index (χ1n) is 10.0. The van der Waals surface area contributed by atoms with Crippen LogP contribution in [0.15, 0.2) is 65.6 Å². The number of carbonyl (C=O) groups excluding carboxylic acids is 2. The fourth-order valence-corrected chi connectivity index (χ4v) is 3.72. The molecule has 0 aliphatic carbocycles. The summed E-state index contributed by atoms with van der Waals surface area (Å²) in [6.07, 6.45) is 0. The summed E-state index contributed by atoms with van der Waals surface area (Å²) in [5, 5.41) is 5.82. The van der Waals surface area contributed by atoms with Crippen LogP contribution < -0.4 is 20.1 Å². The molecule has 0 fully saturated rings. The molecule has 2 N–H and O–H groups in total. The SMILES string of the molecule is COc1ccc(C(=O)Nc2ccc(SCC(=O)Nc3cc(C)ccc3C)cc2)cc1OC. The Hall–Kier alpha value is -3.45. The third-order valence-electron chi connectivity index (χ3n) is 4.80. The highest BCUT2D eigenvalue weighted by molar-refractivity contribution is 8.00. The van der Waals surface area contributed by atoms with Crippen LogP contribution in [0.3, 0.4) is 0 Å². The number of rotatable bonds is 8. The molecule has 0 unspecified atom stereocenters. The van der Waals surface area contributed by atoms with E-state index in [-0.39, 0.29) is 11.8 Å². The molecule has 7 heteroatoms. The normalized spacial score (nSPS) is 10.4. The summed E-state index contributed by atoms with van der Waals surface area (Å²) in [4.78, 5) is 25.8. The van der Waals surface area contributed by atoms with E-state index in [2.05, 4.69) is 10.6 Å². The van der Waals surface area contributed by atoms with Crippen LogP contribution in [0.2, 0.25) is 0 Å². The van der Waals surface area contributed by atoms with Crippen molar-refractivity contribution in [3.05, 3.63) is 77.4 Å². The molecule has 32 heavy (non-hydrogen) atoms. The highest BCUT2D eigenvalue weighted by Crippen LogP contribution is 2.28. The van der Waals surface area contributed by atoms with Crippen molar-refractivity contribution in [1.82, 2.24) is 0 Å². The average Bonchev–Trinajstić information content (AvgIpc) is 2.80. The summed E-state index contributed by atoms with van der Waals surface area (Å²) in [5.41, 5.74) is 4.09. The molecular formula is C25H26N2O4S. The molecule has 6 nitrogen and oxygen atoms in total. The van der Waals surface area contributed by atoms with Crippen LogP contribution in [-0.2, 0) is 4.79 Å². The molecule has 0 bridgehead atoms. The van der Waals surface area contributed by atoms with Crippen molar-refractivity contribution < 1.29 is 19.1 Å². The van der Waals surface area contributed by atoms with E-state index < -0.39 is 0 Å². The number of benzene rings is 3. The van der Waals surface area contributed by atoms with E-state index in [0.29, 0.717) is 28.5 Å². The maximum Gasteiger partial charge on any atom is 0.255 e. The van der Waals surface area contributed by atoms with Gasteiger partial charge in [-0.15, -0.1) is 11.8 Å². The fraction of sp³-hybridized carbons (Fsp3) is 0.200. The minimum Gasteiger partial charge on any atom is -0.493 e. The smallest absolute Gasteiger partial charge is 0.255 e. The summed E-state index contributed by atoms with van der Waals surface area (Å²) in [7, 11) is 3.07. The van der Waals surface area contributed by atoms with Gasteiger partial charge in [0.05, 0.1) is 20.0 Å². The number of methoxy groups -OCH3 is 2. The number of ether oxygens (including phenoxy) is 2. The minimum absolute atomic E-state index is 0.0606. The molecule has 166 valence electrons. The lowest BCUT2D eigenvalue weighted by atomic mass is 10.1. The number of anilines is 2. The molecule has 0 aromatic heterocycles. The Labute approximate surface area is 192 Å². The number of carbonyl (C=O) groups is 2. The van der Waals surface area contributed by atoms with Crippen LogP contribution in [0.5, 0.6) is 11.5 Å². The summed E-state index contributed by atoms with van der Waals surface area (Å²) >= 11 is 1.44. The van der Waals surface area contributed by atoms with Gasteiger partial charge in [-0.2, -0.15) is 0 Å². The Kier molecular flexibility index (Phi) is 7.78. The van der Waals surface area contributed by atoms with E-state index in [4.69, 9.17) is 9.47 Å². The Morgan fingerprint density at radius 3 is 2.25 bits per heavy atom. The van der Waals surface area contributed by atoms with Gasteiger partial charge in [-0.25, -0.2) is 0 Å². The van der Waals surface area contributed by atoms with Crippen molar-refractivity contribution in [3.8, 4) is 11.5 Å². The van der Waals surface area contributed by atoms with Gasteiger partial charge < -0.3 is 20.1 Å². The largest absolute Gasteiger partial charge is 0.493 e. The van der Waals surface area contributed by atoms with E-state index in [1.165, 1.54) is 18.9 Å². The van der Waals surface area contributed by atoms with Crippen molar-refractivity contribution >= 4 is 35.0 Å². The topological polar surface area (TPSA) is 76.7 Å². The van der Waals surface area contributed by atoms with Gasteiger partial charge in [0.1, 0.15) is 0 Å². The first-order chi connectivity index (χ1) is 15.4. The second kappa shape index (κ2) is 10.7. The number of amides is 2. The Morgan fingerprint density at radius 2 is 1.56 bits per heavy atom. The average molecular weight is 451 g/mol. The standard InChI is InChI=1S/C25H26N2O4S/c1-16-5-6-17(2)21(13-16)27-24(28)15-32-20-10-8-19(9-11-20)26-25(29)18-7-12-22(30-3)23(14-18)31-4/h5-14H,15H2,1-4H3,(H,26,29)(H,27,28). The van der Waals surface area contributed by atoms with Crippen LogP contribution >= 0.6 is 11.8 Å². The van der Waals surface area contributed by atoms with E-state index in [0.717, 1.165) is 21.7 Å². The molecule has 3 aromatic carbocycles. The number of nitrogens with one attached hydrogen (secondary N) is 2. The van der Waals surface area contributed by atoms with Crippen LogP contribution in [0.4, 0.5) is 11.4 Å². The molecule has 0 heterocycles. The highest BCUT2D eigenvalue weighted by Gasteiger charge is 2.11. The first-order valence-corrected chi connectivity index (χ1v) is 11.0. The monoisotopic (exact) mass is 450 g/mol. The van der Waals surface area contributed by atoms with Crippen LogP contribution in [0, 0.1) is 13.8 Å². The Morgan fingerprint density at radius 1 is 0.844 bits per heavy atom. The van der Waals surface area contributed by atoms with Crippen molar-refractivity contribution in [2.24, 2.45) is 0 Å². The molecule has 0 saturated carbocycles. The van der Waals surface area contributed by atoms with Crippen molar-refractivity contribution in [3.63, 3.8) is 0 Å². The molecule has 0 atom stereocenters. The van der Waals surface area contributed by atoms with E-state index in [1.807, 2.05) is 56.3 Å². The summed E-state index contributed by atoms with van der Waals surface area (Å²) in [6, 6.07) is 18.3. The predicted molar refractivity (Wildman–Crippen MR) is 129 cm³/mol. The van der Waals surface area contributed by atoms with Gasteiger partial charge in [0.25, 0.3) is 5.91 Å². The molecule has 0 spiro atoms. The van der Waals surface area contributed by atoms with Gasteiger partial charge in [0, 0.05) is 21.8 Å². The molecule has 0 aliphatic heterocycles. The summed E-state index contributed by atoms with van der Waals surface area (Å²) < 4.78 is 10.4. The molecule has 0 radical (unpaired) electrons. The second-order valence-electron chi connectivity index (χ2n) is 7.20. The fourth-order valence-electron chi connectivity index (χ4n) is 3.02. The van der Waals surface area contributed by atoms with E-state index >= 15 is 0 Å². The van der Waals surface area contributed by atoms with Crippen molar-refractivity contribution in [1.29, 1.82) is 0 Å². The van der Waals surface area contributed by atoms with Gasteiger partial charge >= 0.3 is 0 Å². The zero-order valence-corrected chi connectivity index (χ0v) is 19.3. The summed E-state index contributed by atoms with van der Waals surface area (Å²) in [6.45, 7) is 3.96. The first kappa shape index (κ1) is 23.2. The number of hydrogen-bond donors (Lipinski definition) is 2. The van der Waals surface area contributed by atoms with Gasteiger partial charge in [0.15, 0.2) is 11.5 Å². The molecule has 3 rings (SSSR count). The maximum atomic E-state index is 12.5. The number of hydrogen-bond acceptors (Lipinski definition) is 5. The Bertz CT molecular complexity index is 1110. The number of thioether (sulfide) groups is 1. The van der Waals surface area contributed by atoms with E-state index in [1.54, 1.807) is 25.3 Å². The van der Waals surface area contributed by atoms with Gasteiger partial charge in [-0.3, -0.25) is 9.59 Å². The second-order valence-corrected chi connectivity index (χ2v) is 8.25. The van der Waals surface area contributed by atoms with Crippen LogP contribution in [-0.4, -0.2) is 31.8 Å². The number of aryl methyl sites for hydroxylation is 2. The minimum atomic E-state index is -0.251. The molecular weight excluding hydrogens is 424 g/mol. The third kappa shape index (κ3) is 6.04. The zero-order chi connectivity index (χ0) is 23.1. The Balaban J connectivity index is 1.55. The lowest BCUT2D eigenvalue weighted by Gasteiger charge is -2.11. The molecule has 0 aliphatic rings. The van der Waals surface area contributed by atoms with Crippen molar-refractivity contribution in [2.45, 2.75) is 18.7 Å². The molecule has 0 saturated heterocycles. The predicted octanol–water partition coefficient (Wildman–Crippen LogP) is 5.30.